The Labute approximate surface area is 152 Å². The van der Waals surface area contributed by atoms with Gasteiger partial charge in [0.05, 0.1) is 6.20 Å². The number of anilines is 2. The fraction of sp³-hybridized carbons (Fsp3) is 0.389. The van der Waals surface area contributed by atoms with E-state index in [1.807, 2.05) is 31.1 Å². The summed E-state index contributed by atoms with van der Waals surface area (Å²) >= 11 is 0. The molecule has 1 aromatic carbocycles. The Kier molecular flexibility index (Phi) is 6.21. The van der Waals surface area contributed by atoms with Crippen molar-refractivity contribution in [2.45, 2.75) is 26.3 Å². The van der Waals surface area contributed by atoms with Gasteiger partial charge in [-0.15, -0.1) is 0 Å². The molecule has 0 aliphatic carbocycles. The largest absolute Gasteiger partial charge is 0.465 e. The quantitative estimate of drug-likeness (QED) is 0.700. The molecule has 8 heteroatoms. The van der Waals surface area contributed by atoms with E-state index in [4.69, 9.17) is 9.52 Å². The number of carbonyl (C=O) groups excluding carboxylic acids is 1. The predicted molar refractivity (Wildman–Crippen MR) is 99.3 cm³/mol. The molecular formula is C18H24N4O4. The minimum absolute atomic E-state index is 0.166. The average molecular weight is 360 g/mol. The molecule has 0 fully saturated rings. The van der Waals surface area contributed by atoms with Gasteiger partial charge in [0, 0.05) is 43.0 Å². The molecule has 0 radical (unpaired) electrons. The molecular weight excluding hydrogens is 336 g/mol. The van der Waals surface area contributed by atoms with Crippen LogP contribution in [0.15, 0.2) is 35.2 Å². The lowest BCUT2D eigenvalue weighted by Crippen LogP contribution is -2.34. The van der Waals surface area contributed by atoms with E-state index in [1.165, 1.54) is 6.39 Å². The number of carbonyl (C=O) groups is 2. The molecule has 0 aliphatic heterocycles. The molecule has 0 aliphatic rings. The number of benzene rings is 1. The third-order valence-electron chi connectivity index (χ3n) is 3.97. The summed E-state index contributed by atoms with van der Waals surface area (Å²) in [6.45, 7) is 3.50. The molecule has 1 heterocycles. The Bertz CT molecular complexity index is 759. The van der Waals surface area contributed by atoms with E-state index < -0.39 is 6.09 Å². The van der Waals surface area contributed by atoms with Crippen LogP contribution in [0.4, 0.5) is 16.2 Å². The van der Waals surface area contributed by atoms with Crippen molar-refractivity contribution >= 4 is 23.4 Å². The normalized spacial score (nSPS) is 12.9. The van der Waals surface area contributed by atoms with Crippen LogP contribution < -0.4 is 15.5 Å². The molecule has 3 N–H and O–H groups in total. The third-order valence-corrected chi connectivity index (χ3v) is 3.97. The summed E-state index contributed by atoms with van der Waals surface area (Å²) in [5.74, 6) is 0.142. The highest BCUT2D eigenvalue weighted by Crippen LogP contribution is 2.32. The highest BCUT2D eigenvalue weighted by Gasteiger charge is 2.18. The lowest BCUT2D eigenvalue weighted by molar-refractivity contribution is -0.119. The topological polar surface area (TPSA) is 108 Å². The first-order chi connectivity index (χ1) is 12.3. The van der Waals surface area contributed by atoms with Crippen LogP contribution in [0.25, 0.3) is 11.3 Å². The molecule has 0 bridgehead atoms. The van der Waals surface area contributed by atoms with E-state index in [0.29, 0.717) is 17.9 Å². The highest BCUT2D eigenvalue weighted by atomic mass is 16.4. The average Bonchev–Trinajstić information content (AvgIpc) is 3.08. The van der Waals surface area contributed by atoms with Crippen LogP contribution >= 0.6 is 0 Å². The second kappa shape index (κ2) is 8.37. The van der Waals surface area contributed by atoms with Crippen LogP contribution in [0.2, 0.25) is 0 Å². The number of carboxylic acid groups (broad SMARTS) is 1. The van der Waals surface area contributed by atoms with Crippen molar-refractivity contribution in [2.75, 3.05) is 24.3 Å². The first-order valence-electron chi connectivity index (χ1n) is 8.28. The van der Waals surface area contributed by atoms with Crippen molar-refractivity contribution in [3.05, 3.63) is 30.8 Å². The molecule has 140 valence electrons. The van der Waals surface area contributed by atoms with E-state index in [1.54, 1.807) is 26.1 Å². The number of nitrogens with zero attached hydrogens (tertiary/aromatic N) is 2. The van der Waals surface area contributed by atoms with Crippen LogP contribution in [-0.2, 0) is 4.79 Å². The van der Waals surface area contributed by atoms with Crippen LogP contribution in [-0.4, -0.2) is 42.2 Å². The Morgan fingerprint density at radius 2 is 2.04 bits per heavy atom. The van der Waals surface area contributed by atoms with Crippen molar-refractivity contribution in [1.29, 1.82) is 0 Å². The second-order valence-corrected chi connectivity index (χ2v) is 6.47. The number of hydrogen-bond acceptors (Lipinski definition) is 5. The van der Waals surface area contributed by atoms with Crippen molar-refractivity contribution in [3.63, 3.8) is 0 Å². The Balaban J connectivity index is 2.10. The number of rotatable bonds is 7. The van der Waals surface area contributed by atoms with Gasteiger partial charge in [0.25, 0.3) is 0 Å². The summed E-state index contributed by atoms with van der Waals surface area (Å²) in [4.78, 5) is 28.9. The Morgan fingerprint density at radius 1 is 1.31 bits per heavy atom. The number of aromatic nitrogens is 1. The molecule has 1 aromatic heterocycles. The van der Waals surface area contributed by atoms with Gasteiger partial charge in [-0.25, -0.2) is 9.78 Å². The van der Waals surface area contributed by atoms with E-state index in [2.05, 4.69) is 15.6 Å². The number of amides is 2. The van der Waals surface area contributed by atoms with Gasteiger partial charge in [0.1, 0.15) is 0 Å². The van der Waals surface area contributed by atoms with Crippen LogP contribution in [0, 0.1) is 5.92 Å². The monoisotopic (exact) mass is 360 g/mol. The van der Waals surface area contributed by atoms with E-state index in [-0.39, 0.29) is 17.9 Å². The smallest absolute Gasteiger partial charge is 0.404 e. The lowest BCUT2D eigenvalue weighted by atomic mass is 10.0. The van der Waals surface area contributed by atoms with Gasteiger partial charge in [-0.1, -0.05) is 6.92 Å². The summed E-state index contributed by atoms with van der Waals surface area (Å²) in [6.07, 6.45) is 2.33. The molecule has 2 rings (SSSR count). The molecule has 2 unspecified atom stereocenters. The van der Waals surface area contributed by atoms with E-state index in [9.17, 15) is 9.59 Å². The summed E-state index contributed by atoms with van der Waals surface area (Å²) in [7, 11) is 3.81. The highest BCUT2D eigenvalue weighted by molar-refractivity contribution is 5.94. The fourth-order valence-corrected chi connectivity index (χ4v) is 2.71. The van der Waals surface area contributed by atoms with Crippen LogP contribution in [0.3, 0.4) is 0 Å². The van der Waals surface area contributed by atoms with E-state index >= 15 is 0 Å². The number of oxazole rings is 1. The van der Waals surface area contributed by atoms with Crippen LogP contribution in [0.5, 0.6) is 0 Å². The SMILES string of the molecule is CC(CC(C)C(=O)Nc1ccc(-c2cnco2)c(N(C)C)c1)NC(=O)O. The van der Waals surface area contributed by atoms with Gasteiger partial charge in [0.15, 0.2) is 12.2 Å². The standard InChI is InChI=1S/C18H24N4O4/c1-11(7-12(2)20-18(24)25)17(23)21-13-5-6-14(15(8-13)22(3)4)16-9-19-10-26-16/h5-6,8-12,20H,7H2,1-4H3,(H,21,23)(H,24,25). The van der Waals surface area contributed by atoms with Gasteiger partial charge >= 0.3 is 6.09 Å². The molecule has 8 nitrogen and oxygen atoms in total. The molecule has 0 spiro atoms. The van der Waals surface area contributed by atoms with Gasteiger partial charge < -0.3 is 25.1 Å². The molecule has 2 atom stereocenters. The first-order valence-corrected chi connectivity index (χ1v) is 8.28. The maximum absolute atomic E-state index is 12.4. The minimum atomic E-state index is -1.09. The molecule has 0 saturated heterocycles. The molecule has 26 heavy (non-hydrogen) atoms. The van der Waals surface area contributed by atoms with Gasteiger partial charge in [-0.2, -0.15) is 0 Å². The zero-order chi connectivity index (χ0) is 19.3. The lowest BCUT2D eigenvalue weighted by Gasteiger charge is -2.20. The number of nitrogens with one attached hydrogen (secondary N) is 2. The van der Waals surface area contributed by atoms with E-state index in [0.717, 1.165) is 11.3 Å². The van der Waals surface area contributed by atoms with Gasteiger partial charge in [-0.3, -0.25) is 4.79 Å². The zero-order valence-corrected chi connectivity index (χ0v) is 15.3. The first kappa shape index (κ1) is 19.3. The van der Waals surface area contributed by atoms with Gasteiger partial charge in [-0.05, 0) is 31.5 Å². The summed E-state index contributed by atoms with van der Waals surface area (Å²) < 4.78 is 5.36. The van der Waals surface area contributed by atoms with Crippen molar-refractivity contribution in [3.8, 4) is 11.3 Å². The second-order valence-electron chi connectivity index (χ2n) is 6.47. The number of hydrogen-bond donors (Lipinski definition) is 3. The summed E-state index contributed by atoms with van der Waals surface area (Å²) in [6, 6.07) is 5.22. The Hall–Kier alpha value is -3.03. The third kappa shape index (κ3) is 4.98. The zero-order valence-electron chi connectivity index (χ0n) is 15.3. The molecule has 0 saturated carbocycles. The summed E-state index contributed by atoms with van der Waals surface area (Å²) in [5, 5.41) is 14.0. The molecule has 2 aromatic rings. The minimum Gasteiger partial charge on any atom is -0.465 e. The van der Waals surface area contributed by atoms with Crippen LogP contribution in [0.1, 0.15) is 20.3 Å². The predicted octanol–water partition coefficient (Wildman–Crippen LogP) is 3.03. The summed E-state index contributed by atoms with van der Waals surface area (Å²) in [5.41, 5.74) is 2.42. The maximum Gasteiger partial charge on any atom is 0.404 e. The van der Waals surface area contributed by atoms with Crippen molar-refractivity contribution in [2.24, 2.45) is 5.92 Å². The Morgan fingerprint density at radius 3 is 2.62 bits per heavy atom. The maximum atomic E-state index is 12.4. The van der Waals surface area contributed by atoms with Crippen molar-refractivity contribution in [1.82, 2.24) is 10.3 Å². The van der Waals surface area contributed by atoms with Crippen molar-refractivity contribution < 1.29 is 19.1 Å². The fourth-order valence-electron chi connectivity index (χ4n) is 2.71. The molecule has 2 amide bonds. The van der Waals surface area contributed by atoms with Gasteiger partial charge in [0.2, 0.25) is 5.91 Å².